The van der Waals surface area contributed by atoms with Crippen LogP contribution in [0.5, 0.6) is 0 Å². The Hall–Kier alpha value is -0.140. The number of aryl methyl sites for hydroxylation is 2. The Morgan fingerprint density at radius 1 is 0.920 bits per heavy atom. The van der Waals surface area contributed by atoms with E-state index in [1.165, 1.54) is 0 Å². The molecule has 0 aromatic carbocycles. The Balaban J connectivity index is 0. The number of alkyl halides is 3. The van der Waals surface area contributed by atoms with Gasteiger partial charge in [-0.05, 0) is 37.1 Å². The number of rotatable bonds is 2. The smallest absolute Gasteiger partial charge is 0.211 e. The first kappa shape index (κ1) is 27.1. The van der Waals surface area contributed by atoms with Gasteiger partial charge in [-0.15, -0.1) is 34.8 Å². The molecule has 2 rings (SSSR count). The van der Waals surface area contributed by atoms with Gasteiger partial charge in [0.05, 0.1) is 11.9 Å². The molecule has 0 saturated heterocycles. The third-order valence-corrected chi connectivity index (χ3v) is 2.59. The lowest BCUT2D eigenvalue weighted by Gasteiger charge is -1.93. The summed E-state index contributed by atoms with van der Waals surface area (Å²) in [4.78, 5) is 8.06. The second-order valence-electron chi connectivity index (χ2n) is 4.19. The van der Waals surface area contributed by atoms with E-state index in [-0.39, 0.29) is 11.9 Å². The predicted octanol–water partition coefficient (Wildman–Crippen LogP) is 5.48. The molecule has 2 aromatic heterocycles. The van der Waals surface area contributed by atoms with E-state index in [2.05, 4.69) is 31.3 Å². The number of hydrogen-bond acceptors (Lipinski definition) is 4. The van der Waals surface area contributed by atoms with Gasteiger partial charge in [0, 0.05) is 51.0 Å². The molecule has 0 saturated carbocycles. The van der Waals surface area contributed by atoms with Crippen LogP contribution < -0.4 is 0 Å². The summed E-state index contributed by atoms with van der Waals surface area (Å²) in [7, 11) is 7.36. The maximum absolute atomic E-state index is 9.09. The fourth-order valence-electron chi connectivity index (χ4n) is 1.17. The van der Waals surface area contributed by atoms with Gasteiger partial charge in [-0.1, -0.05) is 12.1 Å². The Kier molecular flexibility index (Phi) is 20.2. The van der Waals surface area contributed by atoms with Crippen LogP contribution in [-0.2, 0) is 21.7 Å². The molecule has 0 unspecified atom stereocenters. The van der Waals surface area contributed by atoms with Crippen molar-refractivity contribution in [2.45, 2.75) is 26.3 Å². The predicted molar refractivity (Wildman–Crippen MR) is 110 cm³/mol. The molecule has 4 nitrogen and oxygen atoms in total. The minimum atomic E-state index is -1.67. The van der Waals surface area contributed by atoms with E-state index in [0.29, 0.717) is 5.88 Å². The van der Waals surface area contributed by atoms with Crippen molar-refractivity contribution in [2.75, 3.05) is 5.34 Å². The zero-order valence-electron chi connectivity index (χ0n) is 13.6. The van der Waals surface area contributed by atoms with Crippen LogP contribution >= 0.6 is 56.2 Å². The highest BCUT2D eigenvalue weighted by molar-refractivity contribution is 8.26. The summed E-state index contributed by atoms with van der Waals surface area (Å²) in [5, 5.41) is 8.78. The van der Waals surface area contributed by atoms with Gasteiger partial charge in [0.2, 0.25) is 9.23 Å². The number of halogens is 5. The van der Waals surface area contributed by atoms with Crippen LogP contribution in [0.1, 0.15) is 22.5 Å². The molecule has 10 heteroatoms. The second-order valence-corrected chi connectivity index (χ2v) is 7.79. The lowest BCUT2D eigenvalue weighted by atomic mass is 10.3. The number of aromatic nitrogens is 2. The van der Waals surface area contributed by atoms with Gasteiger partial charge in [-0.3, -0.25) is 9.97 Å². The molecule has 2 aromatic rings. The molecule has 0 aliphatic rings. The Bertz CT molecular complexity index is 522. The molecule has 0 amide bonds. The van der Waals surface area contributed by atoms with E-state index < -0.39 is 9.23 Å². The summed E-state index contributed by atoms with van der Waals surface area (Å²) in [6.45, 7) is 3.95. The quantitative estimate of drug-likeness (QED) is 0.469. The zero-order chi connectivity index (χ0) is 19.7. The van der Waals surface area contributed by atoms with Gasteiger partial charge in [-0.25, -0.2) is 4.21 Å². The Labute approximate surface area is 174 Å². The van der Waals surface area contributed by atoms with E-state index >= 15 is 0 Å². The minimum absolute atomic E-state index is 0.0767. The van der Waals surface area contributed by atoms with Crippen molar-refractivity contribution in [3.05, 3.63) is 59.2 Å². The third kappa shape index (κ3) is 20.0. The molecular weight excluding hydrogens is 450 g/mol. The fourth-order valence-corrected chi connectivity index (χ4v) is 1.33. The molecule has 142 valence electrons. The number of hydrogen-bond donors (Lipinski definition) is 1. The molecule has 1 N–H and O–H groups in total. The van der Waals surface area contributed by atoms with Crippen molar-refractivity contribution in [3.63, 3.8) is 0 Å². The first-order chi connectivity index (χ1) is 11.8. The van der Waals surface area contributed by atoms with Crippen LogP contribution in [0.2, 0.25) is 0 Å². The van der Waals surface area contributed by atoms with Crippen LogP contribution in [0.3, 0.4) is 0 Å². The summed E-state index contributed by atoms with van der Waals surface area (Å²) in [6.07, 6.45) is 3.47. The number of aliphatic hydroxyl groups excluding tert-OH is 1. The summed E-state index contributed by atoms with van der Waals surface area (Å²) in [6, 6.07) is 7.68. The van der Waals surface area contributed by atoms with Crippen LogP contribution in [0.15, 0.2) is 36.7 Å². The molecule has 0 bridgehead atoms. The van der Waals surface area contributed by atoms with Gasteiger partial charge in [0.25, 0.3) is 0 Å². The van der Waals surface area contributed by atoms with E-state index in [0.717, 1.165) is 22.5 Å². The van der Waals surface area contributed by atoms with Crippen LogP contribution in [-0.4, -0.2) is 24.6 Å². The summed E-state index contributed by atoms with van der Waals surface area (Å²) in [5.41, 5.74) is 3.94. The minimum Gasteiger partial charge on any atom is -0.392 e. The maximum Gasteiger partial charge on any atom is 0.211 e. The maximum atomic E-state index is 9.09. The molecule has 0 aliphatic heterocycles. The average Bonchev–Trinajstić information content (AvgIpc) is 2.57. The van der Waals surface area contributed by atoms with Crippen molar-refractivity contribution >= 4 is 65.4 Å². The van der Waals surface area contributed by atoms with Gasteiger partial charge in [0.1, 0.15) is 0 Å². The SMILES string of the molecule is Cc1ccc(CCl)cn1.Cc1ccc(CO)cn1.ClCCl.O=S(Cl)Cl. The van der Waals surface area contributed by atoms with E-state index in [1.54, 1.807) is 12.4 Å². The van der Waals surface area contributed by atoms with Crippen LogP contribution in [0, 0.1) is 13.8 Å². The highest BCUT2D eigenvalue weighted by Gasteiger charge is 1.88. The second kappa shape index (κ2) is 18.6. The van der Waals surface area contributed by atoms with Crippen LogP contribution in [0.25, 0.3) is 0 Å². The van der Waals surface area contributed by atoms with Gasteiger partial charge in [0.15, 0.2) is 0 Å². The van der Waals surface area contributed by atoms with Crippen molar-refractivity contribution in [3.8, 4) is 0 Å². The van der Waals surface area contributed by atoms with Crippen molar-refractivity contribution in [2.24, 2.45) is 0 Å². The van der Waals surface area contributed by atoms with E-state index in [9.17, 15) is 0 Å². The lowest BCUT2D eigenvalue weighted by Crippen LogP contribution is -1.85. The van der Waals surface area contributed by atoms with E-state index in [1.807, 2.05) is 38.1 Å². The third-order valence-electron chi connectivity index (χ3n) is 2.28. The summed E-state index contributed by atoms with van der Waals surface area (Å²) >= 11 is 15.1. The van der Waals surface area contributed by atoms with Crippen molar-refractivity contribution in [1.82, 2.24) is 9.97 Å². The van der Waals surface area contributed by atoms with Gasteiger partial charge in [-0.2, -0.15) is 0 Å². The monoisotopic (exact) mass is 466 g/mol. The largest absolute Gasteiger partial charge is 0.392 e. The average molecular weight is 469 g/mol. The van der Waals surface area contributed by atoms with Gasteiger partial charge < -0.3 is 5.11 Å². The lowest BCUT2D eigenvalue weighted by molar-refractivity contribution is 0.281. The number of pyridine rings is 2. The van der Waals surface area contributed by atoms with Crippen LogP contribution in [0.4, 0.5) is 0 Å². The highest BCUT2D eigenvalue weighted by atomic mass is 36.0. The molecule has 0 aliphatic carbocycles. The summed E-state index contributed by atoms with van der Waals surface area (Å²) in [5.74, 6) is 0.549. The van der Waals surface area contributed by atoms with E-state index in [4.69, 9.17) is 44.1 Å². The fraction of sp³-hybridized carbons (Fsp3) is 0.333. The number of aliphatic hydroxyl groups is 1. The normalized spacial score (nSPS) is 9.00. The molecule has 0 spiro atoms. The number of nitrogens with zero attached hydrogens (tertiary/aromatic N) is 2. The molecule has 0 radical (unpaired) electrons. The van der Waals surface area contributed by atoms with Gasteiger partial charge >= 0.3 is 0 Å². The first-order valence-corrected chi connectivity index (χ1v) is 11.1. The summed E-state index contributed by atoms with van der Waals surface area (Å²) < 4.78 is 9.09. The highest BCUT2D eigenvalue weighted by Crippen LogP contribution is 2.01. The standard InChI is InChI=1S/C7H8ClN.C7H9NO.CH2Cl2.Cl2OS/c1-6-2-3-7(4-8)5-9-6;1-6-2-3-7(5-9)4-8-6;2-1-3;1-4(2)3/h2-3,5H,4H2,1H3;2-4,9H,5H2,1H3;1H2;. The molecule has 25 heavy (non-hydrogen) atoms. The van der Waals surface area contributed by atoms with Crippen molar-refractivity contribution < 1.29 is 9.32 Å². The van der Waals surface area contributed by atoms with Crippen molar-refractivity contribution in [1.29, 1.82) is 0 Å². The Morgan fingerprint density at radius 2 is 1.28 bits per heavy atom. The topological polar surface area (TPSA) is 63.1 Å². The molecule has 2 heterocycles. The zero-order valence-corrected chi connectivity index (χ0v) is 18.2. The molecule has 0 fully saturated rings. The Morgan fingerprint density at radius 3 is 1.52 bits per heavy atom. The first-order valence-electron chi connectivity index (χ1n) is 6.66. The molecular formula is C15H19Cl5N2O2S. The molecule has 0 atom stereocenters.